The van der Waals surface area contributed by atoms with E-state index in [-0.39, 0.29) is 0 Å². The van der Waals surface area contributed by atoms with E-state index in [1.807, 2.05) is 37.3 Å². The third-order valence-corrected chi connectivity index (χ3v) is 2.35. The molecule has 0 saturated heterocycles. The van der Waals surface area contributed by atoms with E-state index >= 15 is 0 Å². The minimum absolute atomic E-state index is 0.441. The van der Waals surface area contributed by atoms with Crippen LogP contribution in [0.3, 0.4) is 0 Å². The second kappa shape index (κ2) is 4.18. The van der Waals surface area contributed by atoms with Crippen molar-refractivity contribution in [3.05, 3.63) is 36.0 Å². The van der Waals surface area contributed by atoms with Gasteiger partial charge in [0.15, 0.2) is 5.82 Å². The number of nitrogen functional groups attached to an aromatic ring is 1. The Hall–Kier alpha value is -2.10. The van der Waals surface area contributed by atoms with Gasteiger partial charge in [-0.15, -0.1) is 5.10 Å². The van der Waals surface area contributed by atoms with Crippen LogP contribution < -0.4 is 10.5 Å². The molecule has 82 valence electrons. The molecular weight excluding hydrogens is 202 g/mol. The largest absolute Gasteiger partial charge is 0.497 e. The number of nitrogens with two attached hydrogens (primary N) is 1. The Labute approximate surface area is 94.1 Å². The van der Waals surface area contributed by atoms with Crippen molar-refractivity contribution in [2.24, 2.45) is 0 Å². The van der Waals surface area contributed by atoms with Crippen molar-refractivity contribution in [2.75, 3.05) is 12.8 Å². The molecule has 1 aromatic carbocycles. The Morgan fingerprint density at radius 3 is 2.44 bits per heavy atom. The number of rotatable bonds is 2. The number of hydrogen-bond acceptors (Lipinski definition) is 4. The first-order valence-electron chi connectivity index (χ1n) is 4.95. The zero-order valence-corrected chi connectivity index (χ0v) is 9.27. The van der Waals surface area contributed by atoms with Gasteiger partial charge in [-0.05, 0) is 30.7 Å². The number of aromatic nitrogens is 2. The summed E-state index contributed by atoms with van der Waals surface area (Å²) in [4.78, 5) is 0. The van der Waals surface area contributed by atoms with E-state index in [1.165, 1.54) is 0 Å². The van der Waals surface area contributed by atoms with E-state index in [2.05, 4.69) is 10.2 Å². The van der Waals surface area contributed by atoms with Crippen LogP contribution in [-0.2, 0) is 0 Å². The SMILES string of the molecule is COc1ccc(-c2cc(C)nnc2N)cc1. The van der Waals surface area contributed by atoms with Crippen molar-refractivity contribution in [3.8, 4) is 16.9 Å². The Bertz CT molecular complexity index is 494. The molecule has 0 aliphatic rings. The van der Waals surface area contributed by atoms with Gasteiger partial charge < -0.3 is 10.5 Å². The molecule has 0 saturated carbocycles. The van der Waals surface area contributed by atoms with Gasteiger partial charge in [0, 0.05) is 5.56 Å². The molecule has 0 spiro atoms. The highest BCUT2D eigenvalue weighted by atomic mass is 16.5. The van der Waals surface area contributed by atoms with Gasteiger partial charge in [-0.25, -0.2) is 0 Å². The molecule has 2 N–H and O–H groups in total. The zero-order chi connectivity index (χ0) is 11.5. The molecule has 0 aliphatic heterocycles. The summed E-state index contributed by atoms with van der Waals surface area (Å²) in [5.41, 5.74) is 8.54. The maximum Gasteiger partial charge on any atom is 0.153 e. The monoisotopic (exact) mass is 215 g/mol. The normalized spacial score (nSPS) is 10.1. The third-order valence-electron chi connectivity index (χ3n) is 2.35. The molecule has 16 heavy (non-hydrogen) atoms. The first-order chi connectivity index (χ1) is 7.70. The fourth-order valence-electron chi connectivity index (χ4n) is 1.50. The van der Waals surface area contributed by atoms with E-state index in [0.717, 1.165) is 22.6 Å². The molecule has 4 nitrogen and oxygen atoms in total. The fourth-order valence-corrected chi connectivity index (χ4v) is 1.50. The first-order valence-corrected chi connectivity index (χ1v) is 4.95. The number of aryl methyl sites for hydroxylation is 1. The van der Waals surface area contributed by atoms with Gasteiger partial charge in [-0.3, -0.25) is 0 Å². The summed E-state index contributed by atoms with van der Waals surface area (Å²) >= 11 is 0. The molecule has 0 amide bonds. The highest BCUT2D eigenvalue weighted by Crippen LogP contribution is 2.25. The molecule has 0 bridgehead atoms. The Balaban J connectivity index is 2.45. The van der Waals surface area contributed by atoms with E-state index in [0.29, 0.717) is 5.82 Å². The van der Waals surface area contributed by atoms with E-state index in [4.69, 9.17) is 10.5 Å². The summed E-state index contributed by atoms with van der Waals surface area (Å²) in [7, 11) is 1.64. The summed E-state index contributed by atoms with van der Waals surface area (Å²) in [5.74, 6) is 1.26. The molecule has 0 atom stereocenters. The molecule has 1 aromatic heterocycles. The quantitative estimate of drug-likeness (QED) is 0.832. The van der Waals surface area contributed by atoms with E-state index < -0.39 is 0 Å². The van der Waals surface area contributed by atoms with Gasteiger partial charge in [0.05, 0.1) is 12.8 Å². The lowest BCUT2D eigenvalue weighted by molar-refractivity contribution is 0.415. The van der Waals surface area contributed by atoms with Crippen molar-refractivity contribution in [1.29, 1.82) is 0 Å². The van der Waals surface area contributed by atoms with Crippen molar-refractivity contribution in [2.45, 2.75) is 6.92 Å². The fraction of sp³-hybridized carbons (Fsp3) is 0.167. The zero-order valence-electron chi connectivity index (χ0n) is 9.27. The van der Waals surface area contributed by atoms with Crippen molar-refractivity contribution in [1.82, 2.24) is 10.2 Å². The lowest BCUT2D eigenvalue weighted by Gasteiger charge is -2.06. The Morgan fingerprint density at radius 1 is 1.12 bits per heavy atom. The van der Waals surface area contributed by atoms with Crippen LogP contribution in [0.4, 0.5) is 5.82 Å². The van der Waals surface area contributed by atoms with Crippen LogP contribution in [0.1, 0.15) is 5.69 Å². The minimum Gasteiger partial charge on any atom is -0.497 e. The molecule has 1 heterocycles. The maximum absolute atomic E-state index is 5.79. The van der Waals surface area contributed by atoms with Crippen LogP contribution in [-0.4, -0.2) is 17.3 Å². The molecule has 4 heteroatoms. The van der Waals surface area contributed by atoms with Crippen LogP contribution in [0.15, 0.2) is 30.3 Å². The van der Waals surface area contributed by atoms with Crippen molar-refractivity contribution >= 4 is 5.82 Å². The highest BCUT2D eigenvalue weighted by molar-refractivity contribution is 5.73. The molecule has 0 aliphatic carbocycles. The van der Waals surface area contributed by atoms with Crippen LogP contribution in [0.5, 0.6) is 5.75 Å². The predicted molar refractivity (Wildman–Crippen MR) is 63.2 cm³/mol. The third kappa shape index (κ3) is 1.95. The van der Waals surface area contributed by atoms with Crippen LogP contribution in [0.25, 0.3) is 11.1 Å². The number of benzene rings is 1. The molecule has 0 fully saturated rings. The van der Waals surface area contributed by atoms with Gasteiger partial charge in [0.25, 0.3) is 0 Å². The van der Waals surface area contributed by atoms with Crippen LogP contribution in [0.2, 0.25) is 0 Å². The smallest absolute Gasteiger partial charge is 0.153 e. The van der Waals surface area contributed by atoms with Gasteiger partial charge in [-0.1, -0.05) is 12.1 Å². The molecule has 2 rings (SSSR count). The number of nitrogens with zero attached hydrogens (tertiary/aromatic N) is 2. The summed E-state index contributed by atoms with van der Waals surface area (Å²) in [6, 6.07) is 9.61. The van der Waals surface area contributed by atoms with Gasteiger partial charge in [-0.2, -0.15) is 5.10 Å². The predicted octanol–water partition coefficient (Wildman–Crippen LogP) is 2.04. The maximum atomic E-state index is 5.79. The number of hydrogen-bond donors (Lipinski definition) is 1. The number of methoxy groups -OCH3 is 1. The standard InChI is InChI=1S/C12H13N3O/c1-8-7-11(12(13)15-14-8)9-3-5-10(16-2)6-4-9/h3-7H,1-2H3,(H2,13,15). The minimum atomic E-state index is 0.441. The lowest BCUT2D eigenvalue weighted by Crippen LogP contribution is -1.98. The molecule has 2 aromatic rings. The lowest BCUT2D eigenvalue weighted by atomic mass is 10.1. The summed E-state index contributed by atoms with van der Waals surface area (Å²) in [6.45, 7) is 1.89. The second-order valence-electron chi connectivity index (χ2n) is 3.51. The molecule has 0 unspecified atom stereocenters. The Kier molecular flexibility index (Phi) is 2.72. The van der Waals surface area contributed by atoms with Gasteiger partial charge in [0.1, 0.15) is 5.75 Å². The van der Waals surface area contributed by atoms with Gasteiger partial charge in [0.2, 0.25) is 0 Å². The van der Waals surface area contributed by atoms with Crippen LogP contribution >= 0.6 is 0 Å². The number of ether oxygens (including phenoxy) is 1. The molecular formula is C12H13N3O. The van der Waals surface area contributed by atoms with Crippen molar-refractivity contribution in [3.63, 3.8) is 0 Å². The average molecular weight is 215 g/mol. The Morgan fingerprint density at radius 2 is 1.81 bits per heavy atom. The van der Waals surface area contributed by atoms with E-state index in [1.54, 1.807) is 7.11 Å². The summed E-state index contributed by atoms with van der Waals surface area (Å²) in [5, 5.41) is 7.79. The second-order valence-corrected chi connectivity index (χ2v) is 3.51. The topological polar surface area (TPSA) is 61.0 Å². The summed E-state index contributed by atoms with van der Waals surface area (Å²) in [6.07, 6.45) is 0. The van der Waals surface area contributed by atoms with Crippen molar-refractivity contribution < 1.29 is 4.74 Å². The first kappa shape index (κ1) is 10.4. The van der Waals surface area contributed by atoms with Gasteiger partial charge >= 0.3 is 0 Å². The number of anilines is 1. The van der Waals surface area contributed by atoms with Crippen LogP contribution in [0, 0.1) is 6.92 Å². The average Bonchev–Trinajstić information content (AvgIpc) is 2.32. The molecule has 0 radical (unpaired) electrons. The van der Waals surface area contributed by atoms with E-state index in [9.17, 15) is 0 Å². The highest BCUT2D eigenvalue weighted by Gasteiger charge is 2.05. The summed E-state index contributed by atoms with van der Waals surface area (Å²) < 4.78 is 5.10.